The number of carboxylic acids is 1. The van der Waals surface area contributed by atoms with Crippen molar-refractivity contribution in [3.63, 3.8) is 0 Å². The molecule has 0 fully saturated rings. The largest absolute Gasteiger partial charge is 0.508 e. The lowest BCUT2D eigenvalue weighted by atomic mass is 9.99. The molecular weight excluding hydrogens is 460 g/mol. The van der Waals surface area contributed by atoms with Gasteiger partial charge in [0.15, 0.2) is 0 Å². The number of ether oxygens (including phenoxy) is 1. The minimum Gasteiger partial charge on any atom is -0.508 e. The molecule has 1 aromatic heterocycles. The first kappa shape index (κ1) is 24.4. The molecule has 0 radical (unpaired) electrons. The third-order valence-corrected chi connectivity index (χ3v) is 5.82. The minimum absolute atomic E-state index is 0.0736. The van der Waals surface area contributed by atoms with Crippen molar-refractivity contribution >= 4 is 28.7 Å². The first-order valence-electron chi connectivity index (χ1n) is 11.2. The fourth-order valence-electron chi connectivity index (χ4n) is 3.88. The van der Waals surface area contributed by atoms with E-state index in [2.05, 4.69) is 10.3 Å². The van der Waals surface area contributed by atoms with Gasteiger partial charge in [0.05, 0.1) is 18.2 Å². The van der Waals surface area contributed by atoms with Crippen LogP contribution in [0.3, 0.4) is 0 Å². The van der Waals surface area contributed by atoms with E-state index in [1.807, 2.05) is 37.3 Å². The van der Waals surface area contributed by atoms with Gasteiger partial charge < -0.3 is 20.3 Å². The zero-order valence-corrected chi connectivity index (χ0v) is 19.7. The van der Waals surface area contributed by atoms with Gasteiger partial charge in [0.2, 0.25) is 0 Å². The normalized spacial score (nSPS) is 11.6. The average molecular weight is 485 g/mol. The van der Waals surface area contributed by atoms with E-state index in [0.717, 1.165) is 16.7 Å². The third kappa shape index (κ3) is 5.33. The van der Waals surface area contributed by atoms with Gasteiger partial charge in [-0.05, 0) is 53.9 Å². The zero-order valence-electron chi connectivity index (χ0n) is 19.7. The Kier molecular flexibility index (Phi) is 6.96. The van der Waals surface area contributed by atoms with Crippen LogP contribution in [0.15, 0.2) is 72.8 Å². The molecule has 0 aliphatic rings. The number of carbonyl (C=O) groups excluding carboxylic acids is 2. The summed E-state index contributed by atoms with van der Waals surface area (Å²) in [6.45, 7) is 1.98. The molecule has 1 atom stereocenters. The topological polar surface area (TPSA) is 126 Å². The van der Waals surface area contributed by atoms with Crippen molar-refractivity contribution < 1.29 is 29.3 Å². The number of carboxylic acid groups (broad SMARTS) is 1. The summed E-state index contributed by atoms with van der Waals surface area (Å²) in [6.07, 6.45) is 0.109. The Morgan fingerprint density at radius 1 is 0.944 bits per heavy atom. The molecule has 4 aromatic rings. The summed E-state index contributed by atoms with van der Waals surface area (Å²) in [6, 6.07) is 19.4. The molecule has 8 nitrogen and oxygen atoms in total. The number of fused-ring (bicyclic) bond motifs is 1. The second kappa shape index (κ2) is 10.3. The predicted molar refractivity (Wildman–Crippen MR) is 134 cm³/mol. The van der Waals surface area contributed by atoms with Gasteiger partial charge in [0.1, 0.15) is 17.5 Å². The number of rotatable bonds is 7. The van der Waals surface area contributed by atoms with Crippen LogP contribution in [0.4, 0.5) is 0 Å². The van der Waals surface area contributed by atoms with Crippen molar-refractivity contribution in [1.29, 1.82) is 0 Å². The van der Waals surface area contributed by atoms with Crippen LogP contribution < -0.4 is 5.32 Å². The standard InChI is InChI=1S/C28H24N2O6/c1-16-3-7-18(8-4-16)19-9-12-23-21(14-19)22(27(33)34)15-24(29-23)26(32)30-25(28(35)36-2)13-17-5-10-20(31)11-6-17/h3-12,14-15,25,31H,13H2,1-2H3,(H,30,32)(H,33,34)/t25-/m0/s1. The summed E-state index contributed by atoms with van der Waals surface area (Å²) >= 11 is 0. The number of amides is 1. The van der Waals surface area contributed by atoms with E-state index >= 15 is 0 Å². The summed E-state index contributed by atoms with van der Waals surface area (Å²) in [7, 11) is 1.21. The Labute approximate surface area is 207 Å². The molecule has 0 aliphatic heterocycles. The van der Waals surface area contributed by atoms with E-state index in [-0.39, 0.29) is 23.4 Å². The number of aromatic carboxylic acids is 1. The molecule has 0 unspecified atom stereocenters. The molecule has 0 spiro atoms. The van der Waals surface area contributed by atoms with Crippen molar-refractivity contribution in [3.8, 4) is 16.9 Å². The van der Waals surface area contributed by atoms with E-state index in [1.165, 1.54) is 25.3 Å². The van der Waals surface area contributed by atoms with Gasteiger partial charge in [-0.1, -0.05) is 48.0 Å². The van der Waals surface area contributed by atoms with Gasteiger partial charge in [-0.25, -0.2) is 14.6 Å². The van der Waals surface area contributed by atoms with Gasteiger partial charge in [0.25, 0.3) is 5.91 Å². The lowest BCUT2D eigenvalue weighted by Crippen LogP contribution is -2.43. The quantitative estimate of drug-likeness (QED) is 0.337. The molecule has 1 amide bonds. The molecule has 1 heterocycles. The Morgan fingerprint density at radius 2 is 1.61 bits per heavy atom. The molecule has 4 rings (SSSR count). The summed E-state index contributed by atoms with van der Waals surface area (Å²) < 4.78 is 4.82. The van der Waals surface area contributed by atoms with Crippen LogP contribution in [0.2, 0.25) is 0 Å². The lowest BCUT2D eigenvalue weighted by Gasteiger charge is -2.17. The number of esters is 1. The van der Waals surface area contributed by atoms with Crippen molar-refractivity contribution in [2.45, 2.75) is 19.4 Å². The van der Waals surface area contributed by atoms with Crippen molar-refractivity contribution in [3.05, 3.63) is 95.2 Å². The fraction of sp³-hybridized carbons (Fsp3) is 0.143. The number of phenolic OH excluding ortho intramolecular Hbond substituents is 1. The number of nitrogens with one attached hydrogen (secondary N) is 1. The van der Waals surface area contributed by atoms with Crippen LogP contribution in [0, 0.1) is 6.92 Å². The summed E-state index contributed by atoms with van der Waals surface area (Å²) in [5.74, 6) is -2.51. The molecule has 0 saturated heterocycles. The highest BCUT2D eigenvalue weighted by atomic mass is 16.5. The van der Waals surface area contributed by atoms with E-state index < -0.39 is 23.9 Å². The van der Waals surface area contributed by atoms with Gasteiger partial charge in [-0.2, -0.15) is 0 Å². The van der Waals surface area contributed by atoms with Gasteiger partial charge in [-0.3, -0.25) is 4.79 Å². The first-order valence-corrected chi connectivity index (χ1v) is 11.2. The summed E-state index contributed by atoms with van der Waals surface area (Å²) in [4.78, 5) is 41.8. The van der Waals surface area contributed by atoms with E-state index in [4.69, 9.17) is 4.74 Å². The Hall–Kier alpha value is -4.72. The molecule has 3 N–H and O–H groups in total. The SMILES string of the molecule is COC(=O)[C@H](Cc1ccc(O)cc1)NC(=O)c1cc(C(=O)O)c2cc(-c3ccc(C)cc3)ccc2n1. The van der Waals surface area contributed by atoms with Crippen LogP contribution in [0.5, 0.6) is 5.75 Å². The third-order valence-electron chi connectivity index (χ3n) is 5.82. The number of benzene rings is 3. The molecule has 8 heteroatoms. The van der Waals surface area contributed by atoms with E-state index in [0.29, 0.717) is 16.5 Å². The van der Waals surface area contributed by atoms with Crippen LogP contribution in [0.25, 0.3) is 22.0 Å². The fourth-order valence-corrected chi connectivity index (χ4v) is 3.88. The van der Waals surface area contributed by atoms with Gasteiger partial charge in [-0.15, -0.1) is 0 Å². The second-order valence-electron chi connectivity index (χ2n) is 8.38. The zero-order chi connectivity index (χ0) is 25.8. The number of nitrogens with zero attached hydrogens (tertiary/aromatic N) is 1. The van der Waals surface area contributed by atoms with Crippen LogP contribution in [-0.4, -0.2) is 46.2 Å². The highest BCUT2D eigenvalue weighted by molar-refractivity contribution is 6.07. The lowest BCUT2D eigenvalue weighted by molar-refractivity contribution is -0.142. The van der Waals surface area contributed by atoms with Crippen molar-refractivity contribution in [2.24, 2.45) is 0 Å². The molecule has 0 aliphatic carbocycles. The molecule has 182 valence electrons. The van der Waals surface area contributed by atoms with Crippen LogP contribution >= 0.6 is 0 Å². The highest BCUT2D eigenvalue weighted by Gasteiger charge is 2.25. The van der Waals surface area contributed by atoms with Crippen LogP contribution in [-0.2, 0) is 16.0 Å². The molecule has 36 heavy (non-hydrogen) atoms. The Balaban J connectivity index is 1.66. The highest BCUT2D eigenvalue weighted by Crippen LogP contribution is 2.27. The summed E-state index contributed by atoms with van der Waals surface area (Å²) in [5.41, 5.74) is 3.67. The molecule has 3 aromatic carbocycles. The first-order chi connectivity index (χ1) is 17.2. The van der Waals surface area contributed by atoms with E-state index in [1.54, 1.807) is 24.3 Å². The van der Waals surface area contributed by atoms with Crippen molar-refractivity contribution in [1.82, 2.24) is 10.3 Å². The Bertz CT molecular complexity index is 1450. The number of methoxy groups -OCH3 is 1. The van der Waals surface area contributed by atoms with Gasteiger partial charge in [0, 0.05) is 11.8 Å². The van der Waals surface area contributed by atoms with E-state index in [9.17, 15) is 24.6 Å². The second-order valence-corrected chi connectivity index (χ2v) is 8.38. The Morgan fingerprint density at radius 3 is 2.25 bits per heavy atom. The number of aromatic nitrogens is 1. The maximum Gasteiger partial charge on any atom is 0.336 e. The van der Waals surface area contributed by atoms with Gasteiger partial charge >= 0.3 is 11.9 Å². The number of carbonyl (C=O) groups is 3. The maximum absolute atomic E-state index is 13.0. The molecule has 0 bridgehead atoms. The maximum atomic E-state index is 13.0. The smallest absolute Gasteiger partial charge is 0.336 e. The molecular formula is C28H24N2O6. The number of aromatic hydroxyl groups is 1. The summed E-state index contributed by atoms with van der Waals surface area (Å²) in [5, 5.41) is 22.3. The number of pyridine rings is 1. The number of aryl methyl sites for hydroxylation is 1. The number of hydrogen-bond acceptors (Lipinski definition) is 6. The van der Waals surface area contributed by atoms with Crippen LogP contribution in [0.1, 0.15) is 32.0 Å². The van der Waals surface area contributed by atoms with Crippen molar-refractivity contribution in [2.75, 3.05) is 7.11 Å². The number of hydrogen-bond donors (Lipinski definition) is 3. The minimum atomic E-state index is -1.20. The predicted octanol–water partition coefficient (Wildman–Crippen LogP) is 4.13. The monoisotopic (exact) mass is 484 g/mol. The molecule has 0 saturated carbocycles. The average Bonchev–Trinajstić information content (AvgIpc) is 2.88. The number of phenols is 1.